The molecule has 0 aromatic heterocycles. The van der Waals surface area contributed by atoms with E-state index in [0.717, 1.165) is 30.2 Å². The lowest BCUT2D eigenvalue weighted by atomic mass is 10.2. The minimum absolute atomic E-state index is 0.241. The summed E-state index contributed by atoms with van der Waals surface area (Å²) in [5, 5.41) is 0. The highest BCUT2D eigenvalue weighted by molar-refractivity contribution is 5.60. The van der Waals surface area contributed by atoms with Crippen molar-refractivity contribution in [3.05, 3.63) is 18.2 Å². The predicted molar refractivity (Wildman–Crippen MR) is 74.2 cm³/mol. The summed E-state index contributed by atoms with van der Waals surface area (Å²) in [5.41, 5.74) is 7.78. The van der Waals surface area contributed by atoms with Crippen LogP contribution in [0.4, 0.5) is 11.4 Å². The minimum Gasteiger partial charge on any atom is -0.494 e. The Morgan fingerprint density at radius 3 is 2.56 bits per heavy atom. The second kappa shape index (κ2) is 5.48. The lowest BCUT2D eigenvalue weighted by molar-refractivity contribution is -0.00522. The van der Waals surface area contributed by atoms with E-state index in [1.165, 1.54) is 0 Å². The monoisotopic (exact) mass is 250 g/mol. The van der Waals surface area contributed by atoms with Crippen molar-refractivity contribution < 1.29 is 9.47 Å². The van der Waals surface area contributed by atoms with Crippen LogP contribution in [0.1, 0.15) is 20.8 Å². The fourth-order valence-electron chi connectivity index (χ4n) is 2.43. The van der Waals surface area contributed by atoms with Crippen LogP contribution in [-0.2, 0) is 4.74 Å². The largest absolute Gasteiger partial charge is 0.494 e. The Bertz CT molecular complexity index is 399. The average Bonchev–Trinajstić information content (AvgIpc) is 2.27. The van der Waals surface area contributed by atoms with Gasteiger partial charge in [0.1, 0.15) is 5.75 Å². The number of rotatable bonds is 3. The zero-order valence-electron chi connectivity index (χ0n) is 11.3. The third kappa shape index (κ3) is 3.07. The van der Waals surface area contributed by atoms with Crippen LogP contribution in [0.25, 0.3) is 0 Å². The summed E-state index contributed by atoms with van der Waals surface area (Å²) in [7, 11) is 0. The third-order valence-corrected chi connectivity index (χ3v) is 3.01. The fraction of sp³-hybridized carbons (Fsp3) is 0.571. The fourth-order valence-corrected chi connectivity index (χ4v) is 2.43. The van der Waals surface area contributed by atoms with Crippen molar-refractivity contribution in [2.45, 2.75) is 33.0 Å². The molecule has 2 rings (SSSR count). The molecule has 0 radical (unpaired) electrons. The van der Waals surface area contributed by atoms with Crippen molar-refractivity contribution in [2.24, 2.45) is 0 Å². The van der Waals surface area contributed by atoms with Gasteiger partial charge >= 0.3 is 0 Å². The van der Waals surface area contributed by atoms with E-state index in [-0.39, 0.29) is 12.2 Å². The first-order valence-corrected chi connectivity index (χ1v) is 6.52. The highest BCUT2D eigenvalue weighted by Crippen LogP contribution is 2.27. The van der Waals surface area contributed by atoms with Crippen LogP contribution >= 0.6 is 0 Å². The highest BCUT2D eigenvalue weighted by Gasteiger charge is 2.22. The zero-order chi connectivity index (χ0) is 13.1. The molecule has 0 saturated carbocycles. The van der Waals surface area contributed by atoms with E-state index in [1.54, 1.807) is 0 Å². The number of benzene rings is 1. The summed E-state index contributed by atoms with van der Waals surface area (Å²) < 4.78 is 11.3. The number of anilines is 2. The number of nitrogens with two attached hydrogens (primary N) is 1. The Morgan fingerprint density at radius 2 is 1.94 bits per heavy atom. The molecular formula is C14H22N2O2. The number of ether oxygens (including phenoxy) is 2. The molecule has 18 heavy (non-hydrogen) atoms. The molecule has 0 spiro atoms. The molecule has 1 aromatic carbocycles. The Hall–Kier alpha value is -1.42. The maximum Gasteiger partial charge on any atom is 0.123 e. The molecule has 1 saturated heterocycles. The van der Waals surface area contributed by atoms with Gasteiger partial charge in [0.25, 0.3) is 0 Å². The van der Waals surface area contributed by atoms with Gasteiger partial charge < -0.3 is 20.1 Å². The van der Waals surface area contributed by atoms with Gasteiger partial charge in [-0.3, -0.25) is 0 Å². The molecule has 0 unspecified atom stereocenters. The molecule has 1 heterocycles. The molecule has 2 N–H and O–H groups in total. The standard InChI is InChI=1S/C14H22N2O2/c1-4-17-14-6-12(15)5-13(7-14)16-8-10(2)18-11(3)9-16/h5-7,10-11H,4,8-9,15H2,1-3H3/t10-,11+. The van der Waals surface area contributed by atoms with Crippen molar-refractivity contribution >= 4 is 11.4 Å². The Labute approximate surface area is 109 Å². The van der Waals surface area contributed by atoms with E-state index in [9.17, 15) is 0 Å². The van der Waals surface area contributed by atoms with Crippen molar-refractivity contribution in [3.8, 4) is 5.75 Å². The van der Waals surface area contributed by atoms with Gasteiger partial charge in [-0.05, 0) is 26.8 Å². The summed E-state index contributed by atoms with van der Waals surface area (Å²) in [6.07, 6.45) is 0.483. The van der Waals surface area contributed by atoms with E-state index in [0.29, 0.717) is 6.61 Å². The SMILES string of the molecule is CCOc1cc(N)cc(N2C[C@@H](C)O[C@@H](C)C2)c1. The van der Waals surface area contributed by atoms with Gasteiger partial charge in [-0.2, -0.15) is 0 Å². The molecule has 4 nitrogen and oxygen atoms in total. The summed E-state index contributed by atoms with van der Waals surface area (Å²) in [4.78, 5) is 2.30. The first-order valence-electron chi connectivity index (χ1n) is 6.52. The first kappa shape index (κ1) is 13.0. The lowest BCUT2D eigenvalue weighted by Gasteiger charge is -2.37. The molecule has 0 aliphatic carbocycles. The van der Waals surface area contributed by atoms with Crippen LogP contribution in [0.5, 0.6) is 5.75 Å². The van der Waals surface area contributed by atoms with Crippen LogP contribution in [0, 0.1) is 0 Å². The van der Waals surface area contributed by atoms with Crippen LogP contribution in [0.15, 0.2) is 18.2 Å². The van der Waals surface area contributed by atoms with E-state index in [2.05, 4.69) is 18.7 Å². The van der Waals surface area contributed by atoms with E-state index >= 15 is 0 Å². The van der Waals surface area contributed by atoms with Crippen LogP contribution < -0.4 is 15.4 Å². The molecule has 0 bridgehead atoms. The van der Waals surface area contributed by atoms with Crippen molar-refractivity contribution in [1.29, 1.82) is 0 Å². The minimum atomic E-state index is 0.241. The lowest BCUT2D eigenvalue weighted by Crippen LogP contribution is -2.45. The second-order valence-corrected chi connectivity index (χ2v) is 4.86. The molecule has 0 amide bonds. The van der Waals surface area contributed by atoms with Gasteiger partial charge in [0.05, 0.1) is 18.8 Å². The Morgan fingerprint density at radius 1 is 1.28 bits per heavy atom. The number of hydrogen-bond donors (Lipinski definition) is 1. The zero-order valence-corrected chi connectivity index (χ0v) is 11.3. The van der Waals surface area contributed by atoms with Gasteiger partial charge in [0.2, 0.25) is 0 Å². The first-order chi connectivity index (χ1) is 8.58. The van der Waals surface area contributed by atoms with E-state index in [4.69, 9.17) is 15.2 Å². The molecule has 1 aromatic rings. The van der Waals surface area contributed by atoms with Crippen LogP contribution in [-0.4, -0.2) is 31.9 Å². The number of nitrogens with zero attached hydrogens (tertiary/aromatic N) is 1. The molecule has 1 aliphatic rings. The molecule has 1 aliphatic heterocycles. The predicted octanol–water partition coefficient (Wildman–Crippen LogP) is 2.28. The number of hydrogen-bond acceptors (Lipinski definition) is 4. The summed E-state index contributed by atoms with van der Waals surface area (Å²) in [6.45, 7) is 8.59. The maximum atomic E-state index is 5.93. The smallest absolute Gasteiger partial charge is 0.123 e. The van der Waals surface area contributed by atoms with Crippen LogP contribution in [0.2, 0.25) is 0 Å². The van der Waals surface area contributed by atoms with Gasteiger partial charge in [-0.15, -0.1) is 0 Å². The summed E-state index contributed by atoms with van der Waals surface area (Å²) >= 11 is 0. The van der Waals surface area contributed by atoms with Crippen molar-refractivity contribution in [2.75, 3.05) is 30.3 Å². The molecule has 100 valence electrons. The van der Waals surface area contributed by atoms with Crippen molar-refractivity contribution in [1.82, 2.24) is 0 Å². The Balaban J connectivity index is 2.21. The van der Waals surface area contributed by atoms with Gasteiger partial charge in [0, 0.05) is 36.6 Å². The normalized spacial score (nSPS) is 24.1. The molecule has 4 heteroatoms. The summed E-state index contributed by atoms with van der Waals surface area (Å²) in [5.74, 6) is 0.833. The maximum absolute atomic E-state index is 5.93. The van der Waals surface area contributed by atoms with E-state index in [1.807, 2.05) is 25.1 Å². The average molecular weight is 250 g/mol. The summed E-state index contributed by atoms with van der Waals surface area (Å²) in [6, 6.07) is 5.90. The van der Waals surface area contributed by atoms with Crippen molar-refractivity contribution in [3.63, 3.8) is 0 Å². The molecule has 2 atom stereocenters. The second-order valence-electron chi connectivity index (χ2n) is 4.86. The number of nitrogen functional groups attached to an aromatic ring is 1. The highest BCUT2D eigenvalue weighted by atomic mass is 16.5. The number of morpholine rings is 1. The third-order valence-electron chi connectivity index (χ3n) is 3.01. The van der Waals surface area contributed by atoms with E-state index < -0.39 is 0 Å². The molecule has 1 fully saturated rings. The quantitative estimate of drug-likeness (QED) is 0.836. The topological polar surface area (TPSA) is 47.7 Å². The van der Waals surface area contributed by atoms with Gasteiger partial charge in [0.15, 0.2) is 0 Å². The van der Waals surface area contributed by atoms with Crippen LogP contribution in [0.3, 0.4) is 0 Å². The Kier molecular flexibility index (Phi) is 3.97. The van der Waals surface area contributed by atoms with Gasteiger partial charge in [-0.25, -0.2) is 0 Å². The van der Waals surface area contributed by atoms with Gasteiger partial charge in [-0.1, -0.05) is 0 Å². The molecular weight excluding hydrogens is 228 g/mol.